The maximum Gasteiger partial charge on any atom is 0.312 e. The van der Waals surface area contributed by atoms with Crippen molar-refractivity contribution < 1.29 is 45.9 Å². The van der Waals surface area contributed by atoms with Gasteiger partial charge in [-0.2, -0.15) is 4.98 Å². The lowest BCUT2D eigenvalue weighted by Crippen LogP contribution is -2.60. The van der Waals surface area contributed by atoms with Crippen molar-refractivity contribution in [3.05, 3.63) is 99.6 Å². The molecule has 2 saturated heterocycles. The summed E-state index contributed by atoms with van der Waals surface area (Å²) in [5.74, 6) is -1.57. The van der Waals surface area contributed by atoms with Crippen LogP contribution in [-0.4, -0.2) is 120 Å². The molecule has 5 heterocycles. The monoisotopic (exact) mass is 1030 g/mol. The third kappa shape index (κ3) is 11.4. The van der Waals surface area contributed by atoms with Crippen LogP contribution in [0.15, 0.2) is 71.9 Å². The lowest BCUT2D eigenvalue weighted by Gasteiger charge is -2.58. The number of benzene rings is 2. The minimum Gasteiger partial charge on any atom is -0.475 e. The Labute approximate surface area is 423 Å². The Morgan fingerprint density at radius 3 is 2.47 bits per heavy atom. The van der Waals surface area contributed by atoms with Crippen LogP contribution in [0.1, 0.15) is 113 Å². The van der Waals surface area contributed by atoms with E-state index in [1.807, 2.05) is 21.8 Å². The molecule has 73 heavy (non-hydrogen) atoms. The number of piperidine rings is 1. The van der Waals surface area contributed by atoms with Crippen molar-refractivity contribution >= 4 is 44.2 Å². The Hall–Kier alpha value is -6.03. The lowest BCUT2D eigenvalue weighted by atomic mass is 9.59. The van der Waals surface area contributed by atoms with Gasteiger partial charge >= 0.3 is 5.69 Å². The fourth-order valence-electron chi connectivity index (χ4n) is 11.3. The molecule has 0 bridgehead atoms. The molecule has 4 N–H and O–H groups in total. The number of hydrogen-bond acceptors (Lipinski definition) is 14. The average Bonchev–Trinajstić information content (AvgIpc) is 3.70. The number of anilines is 2. The molecule has 2 aromatic carbocycles. The summed E-state index contributed by atoms with van der Waals surface area (Å²) in [6.07, 6.45) is 5.94. The maximum atomic E-state index is 14.9. The zero-order chi connectivity index (χ0) is 51.8. The second kappa shape index (κ2) is 21.1. The molecule has 4 aliphatic rings. The van der Waals surface area contributed by atoms with Crippen molar-refractivity contribution in [1.82, 2.24) is 29.5 Å². The summed E-state index contributed by atoms with van der Waals surface area (Å²) in [5.41, 5.74) is 1.83. The number of H-pyrrole nitrogens is 1. The topological polar surface area (TPSA) is 208 Å². The minimum atomic E-state index is -4.76. The van der Waals surface area contributed by atoms with Gasteiger partial charge in [0.1, 0.15) is 22.1 Å². The number of carbonyl (C=O) groups is 1. The van der Waals surface area contributed by atoms with Crippen LogP contribution >= 0.6 is 0 Å². The molecule has 1 spiro atoms. The molecule has 3 aromatic heterocycles. The Balaban J connectivity index is 0.935. The van der Waals surface area contributed by atoms with E-state index in [-0.39, 0.29) is 76.2 Å². The second-order valence-electron chi connectivity index (χ2n) is 20.8. The Morgan fingerprint density at radius 1 is 1.03 bits per heavy atom. The van der Waals surface area contributed by atoms with E-state index in [0.29, 0.717) is 76.7 Å². The molecule has 1 amide bonds. The largest absolute Gasteiger partial charge is 0.475 e. The van der Waals surface area contributed by atoms with Gasteiger partial charge in [-0.05, 0) is 106 Å². The molecule has 392 valence electrons. The third-order valence-electron chi connectivity index (χ3n) is 15.5. The number of hydrogen-bond donors (Lipinski definition) is 4. The third-order valence-corrected chi connectivity index (χ3v) is 16.7. The number of ether oxygens (including phenoxy) is 2. The van der Waals surface area contributed by atoms with Gasteiger partial charge in [-0.15, -0.1) is 0 Å². The summed E-state index contributed by atoms with van der Waals surface area (Å²) in [7, 11) is -4.76. The lowest BCUT2D eigenvalue weighted by molar-refractivity contribution is -0.384. The first-order chi connectivity index (χ1) is 34.8. The zero-order valence-corrected chi connectivity index (χ0v) is 42.4. The van der Waals surface area contributed by atoms with Crippen LogP contribution in [0.3, 0.4) is 0 Å². The van der Waals surface area contributed by atoms with E-state index < -0.39 is 49.3 Å². The predicted molar refractivity (Wildman–Crippen MR) is 270 cm³/mol. The van der Waals surface area contributed by atoms with Gasteiger partial charge in [0, 0.05) is 81.4 Å². The molecule has 5 aromatic rings. The molecule has 2 saturated carbocycles. The highest BCUT2D eigenvalue weighted by molar-refractivity contribution is 7.90. The van der Waals surface area contributed by atoms with Gasteiger partial charge in [-0.25, -0.2) is 31.3 Å². The van der Waals surface area contributed by atoms with Gasteiger partial charge in [0.15, 0.2) is 5.75 Å². The number of aromatic nitrogens is 3. The Morgan fingerprint density at radius 2 is 1.77 bits per heavy atom. The summed E-state index contributed by atoms with van der Waals surface area (Å²) < 4.78 is 84.1. The predicted octanol–water partition coefficient (Wildman–Crippen LogP) is 9.16. The molecular weight excluding hydrogens is 968 g/mol. The van der Waals surface area contributed by atoms with E-state index in [2.05, 4.69) is 56.0 Å². The van der Waals surface area contributed by atoms with Crippen molar-refractivity contribution in [2.45, 2.75) is 114 Å². The van der Waals surface area contributed by atoms with Gasteiger partial charge < -0.3 is 29.8 Å². The van der Waals surface area contributed by atoms with Gasteiger partial charge in [0.25, 0.3) is 28.2 Å². The number of nitro groups is 1. The number of nitrogens with one attached hydrogen (secondary N) is 3. The van der Waals surface area contributed by atoms with Crippen LogP contribution in [-0.2, 0) is 10.0 Å². The number of sulfonamides is 1. The first-order valence-corrected chi connectivity index (χ1v) is 26.7. The highest BCUT2D eigenvalue weighted by Crippen LogP contribution is 2.53. The fraction of sp³-hybridized carbons (Fsp3) is 0.519. The molecule has 1 atom stereocenters. The number of aromatic amines is 1. The number of halogens is 3. The van der Waals surface area contributed by atoms with Crippen LogP contribution in [0.4, 0.5) is 30.4 Å². The summed E-state index contributed by atoms with van der Waals surface area (Å²) in [6, 6.07) is 15.6. The Kier molecular flexibility index (Phi) is 15.0. The van der Waals surface area contributed by atoms with Crippen molar-refractivity contribution in [2.24, 2.45) is 11.3 Å². The smallest absolute Gasteiger partial charge is 0.312 e. The van der Waals surface area contributed by atoms with Gasteiger partial charge in [-0.1, -0.05) is 38.1 Å². The summed E-state index contributed by atoms with van der Waals surface area (Å²) >= 11 is 0. The maximum absolute atomic E-state index is 14.9. The molecular formula is C52H64F3N9O8S. The molecule has 2 aliphatic carbocycles. The number of amides is 1. The van der Waals surface area contributed by atoms with Crippen LogP contribution < -0.4 is 24.4 Å². The van der Waals surface area contributed by atoms with E-state index in [4.69, 9.17) is 9.47 Å². The molecule has 4 fully saturated rings. The fourth-order valence-corrected chi connectivity index (χ4v) is 12.2. The first kappa shape index (κ1) is 51.9. The minimum absolute atomic E-state index is 0.00110. The summed E-state index contributed by atoms with van der Waals surface area (Å²) in [5, 5.41) is 25.6. The molecule has 0 unspecified atom stereocenters. The molecule has 2 aliphatic heterocycles. The van der Waals surface area contributed by atoms with Gasteiger partial charge in [0.2, 0.25) is 5.82 Å². The number of fused-ring (bicyclic) bond motifs is 1. The Bertz CT molecular complexity index is 2930. The quantitative estimate of drug-likeness (QED) is 0.0506. The first-order valence-electron chi connectivity index (χ1n) is 25.2. The van der Waals surface area contributed by atoms with E-state index in [9.17, 15) is 41.6 Å². The number of aliphatic hydroxyl groups is 1. The van der Waals surface area contributed by atoms with E-state index >= 15 is 0 Å². The van der Waals surface area contributed by atoms with Gasteiger partial charge in [-0.3, -0.25) is 24.7 Å². The number of nitrogens with zero attached hydrogens (tertiary/aromatic N) is 6. The number of carbonyl (C=O) groups excluding carboxylic acids is 1. The highest BCUT2D eigenvalue weighted by Gasteiger charge is 2.50. The molecule has 17 nitrogen and oxygen atoms in total. The summed E-state index contributed by atoms with van der Waals surface area (Å²) in [4.78, 5) is 42.9. The number of rotatable bonds is 17. The van der Waals surface area contributed by atoms with Crippen LogP contribution in [0.2, 0.25) is 0 Å². The second-order valence-corrected chi connectivity index (χ2v) is 22.5. The van der Waals surface area contributed by atoms with E-state index in [1.54, 1.807) is 26.0 Å². The number of pyridine rings is 2. The van der Waals surface area contributed by atoms with Crippen LogP contribution in [0, 0.1) is 27.3 Å². The van der Waals surface area contributed by atoms with Crippen LogP contribution in [0.25, 0.3) is 11.0 Å². The molecule has 21 heteroatoms. The van der Waals surface area contributed by atoms with Crippen LogP contribution in [0.5, 0.6) is 17.4 Å². The van der Waals surface area contributed by atoms with Crippen molar-refractivity contribution in [1.29, 1.82) is 0 Å². The average molecular weight is 1030 g/mol. The van der Waals surface area contributed by atoms with Crippen molar-refractivity contribution in [2.75, 3.05) is 62.6 Å². The van der Waals surface area contributed by atoms with E-state index in [1.165, 1.54) is 23.3 Å². The highest BCUT2D eigenvalue weighted by atomic mass is 32.2. The SMILES string of the molecule is CCOc1nc2[nH]cc(F)c2cc1Oc1cc(N2CCC3(CC2)CC(N2CCN(CC(F)F)C[C@H]2c2ccccc2C(C)C)C3)ccc1C(=O)NS(=O)(=O)c1cnc(NCC2CCC(C)(O)CC2)c([N+](=O)[O-])c1. The number of piperazine rings is 1. The standard InChI is InChI=1S/C52H64F3N9O8S/c1-5-71-50-45(24-40-41(53)29-58-47(40)59-50)72-44-22-34(10-11-39(44)49(65)60-73(69,70)36-23-42(64(67)68)48(57-28-36)56-27-33-12-14-51(4,66)15-13-33)62-18-16-52(17-19-62)25-35(26-52)63-21-20-61(31-46(54)55)30-43(63)38-9-7-6-8-37(38)32(2)3/h6-11,22-24,28-29,32-33,35,43,46,66H,5,12-21,25-27,30-31H2,1-4H3,(H,56,57)(H,58,59)(H,60,65)/t33?,43-,51?/m0/s1. The normalized spacial score (nSPS) is 21.9. The zero-order valence-electron chi connectivity index (χ0n) is 41.6. The molecule has 9 rings (SSSR count). The van der Waals surface area contributed by atoms with E-state index in [0.717, 1.165) is 44.1 Å². The van der Waals surface area contributed by atoms with Crippen molar-refractivity contribution in [3.8, 4) is 17.4 Å². The van der Waals surface area contributed by atoms with Crippen molar-refractivity contribution in [3.63, 3.8) is 0 Å². The van der Waals surface area contributed by atoms with Gasteiger partial charge in [0.05, 0.1) is 40.8 Å². The molecule has 0 radical (unpaired) electrons. The summed E-state index contributed by atoms with van der Waals surface area (Å²) in [6.45, 7) is 11.3. The number of alkyl halides is 2.